The number of hydrogen-bond donors (Lipinski definition) is 1. The highest BCUT2D eigenvalue weighted by Gasteiger charge is 2.25. The second-order valence-corrected chi connectivity index (χ2v) is 5.37. The number of aryl methyl sites for hydroxylation is 1. The predicted octanol–water partition coefficient (Wildman–Crippen LogP) is 3.20. The van der Waals surface area contributed by atoms with Crippen LogP contribution in [-0.2, 0) is 6.61 Å². The standard InChI is InChI=1S/C19H24O6/c1-11-7-15(23-4)18(24-5)19(25-6)16(11)17-13(21-2)8-12(10-20)9-14(17)22-3/h7-9,20H,10H2,1-6H3. The topological polar surface area (TPSA) is 66.4 Å². The molecule has 2 rings (SSSR count). The van der Waals surface area contributed by atoms with E-state index in [4.69, 9.17) is 23.7 Å². The molecule has 0 aliphatic heterocycles. The van der Waals surface area contributed by atoms with Gasteiger partial charge in [0.05, 0.1) is 47.7 Å². The van der Waals surface area contributed by atoms with Crippen LogP contribution in [0.3, 0.4) is 0 Å². The highest BCUT2D eigenvalue weighted by Crippen LogP contribution is 2.51. The van der Waals surface area contributed by atoms with Crippen LogP contribution in [0.2, 0.25) is 0 Å². The molecule has 136 valence electrons. The van der Waals surface area contributed by atoms with Crippen molar-refractivity contribution in [3.05, 3.63) is 29.3 Å². The Balaban J connectivity index is 2.91. The Bertz CT molecular complexity index is 729. The minimum atomic E-state index is -0.116. The van der Waals surface area contributed by atoms with Crippen LogP contribution in [0, 0.1) is 6.92 Å². The minimum absolute atomic E-state index is 0.116. The number of aliphatic hydroxyl groups is 1. The van der Waals surface area contributed by atoms with E-state index in [0.29, 0.717) is 34.3 Å². The first-order valence-corrected chi connectivity index (χ1v) is 7.71. The molecule has 0 heterocycles. The molecule has 0 saturated carbocycles. The monoisotopic (exact) mass is 348 g/mol. The van der Waals surface area contributed by atoms with Crippen molar-refractivity contribution >= 4 is 0 Å². The molecule has 0 aliphatic carbocycles. The first-order valence-electron chi connectivity index (χ1n) is 7.71. The van der Waals surface area contributed by atoms with Crippen molar-refractivity contribution in [2.75, 3.05) is 35.5 Å². The number of rotatable bonds is 7. The molecule has 6 heteroatoms. The molecule has 1 N–H and O–H groups in total. The summed E-state index contributed by atoms with van der Waals surface area (Å²) in [5, 5.41) is 9.47. The molecule has 0 bridgehead atoms. The first-order chi connectivity index (χ1) is 12.1. The summed E-state index contributed by atoms with van der Waals surface area (Å²) in [5.74, 6) is 2.72. The van der Waals surface area contributed by atoms with Crippen molar-refractivity contribution in [3.63, 3.8) is 0 Å². The molecule has 6 nitrogen and oxygen atoms in total. The molecule has 0 amide bonds. The van der Waals surface area contributed by atoms with Crippen LogP contribution in [-0.4, -0.2) is 40.7 Å². The Kier molecular flexibility index (Phi) is 5.98. The van der Waals surface area contributed by atoms with Gasteiger partial charge >= 0.3 is 0 Å². The zero-order chi connectivity index (χ0) is 18.6. The fourth-order valence-electron chi connectivity index (χ4n) is 2.89. The lowest BCUT2D eigenvalue weighted by Gasteiger charge is -2.21. The summed E-state index contributed by atoms with van der Waals surface area (Å²) in [7, 11) is 7.85. The Morgan fingerprint density at radius 1 is 0.680 bits per heavy atom. The third-order valence-corrected chi connectivity index (χ3v) is 4.03. The molecule has 0 aromatic heterocycles. The molecule has 0 radical (unpaired) electrons. The molecule has 0 saturated heterocycles. The van der Waals surface area contributed by atoms with E-state index in [-0.39, 0.29) is 6.61 Å². The van der Waals surface area contributed by atoms with Gasteiger partial charge in [0.25, 0.3) is 0 Å². The number of benzene rings is 2. The zero-order valence-corrected chi connectivity index (χ0v) is 15.4. The average molecular weight is 348 g/mol. The average Bonchev–Trinajstić information content (AvgIpc) is 2.65. The molecule has 0 fully saturated rings. The normalized spacial score (nSPS) is 10.4. The van der Waals surface area contributed by atoms with Crippen LogP contribution in [0.5, 0.6) is 28.7 Å². The van der Waals surface area contributed by atoms with Gasteiger partial charge in [-0.3, -0.25) is 0 Å². The van der Waals surface area contributed by atoms with Gasteiger partial charge in [0.1, 0.15) is 11.5 Å². The fourth-order valence-corrected chi connectivity index (χ4v) is 2.89. The van der Waals surface area contributed by atoms with Gasteiger partial charge in [-0.2, -0.15) is 0 Å². The lowest BCUT2D eigenvalue weighted by atomic mass is 9.95. The van der Waals surface area contributed by atoms with Gasteiger partial charge < -0.3 is 28.8 Å². The summed E-state index contributed by atoms with van der Waals surface area (Å²) in [6.07, 6.45) is 0. The number of ether oxygens (including phenoxy) is 5. The van der Waals surface area contributed by atoms with Gasteiger partial charge in [-0.1, -0.05) is 0 Å². The summed E-state index contributed by atoms with van der Waals surface area (Å²) in [6.45, 7) is 1.83. The van der Waals surface area contributed by atoms with Crippen molar-refractivity contribution in [3.8, 4) is 39.9 Å². The van der Waals surface area contributed by atoms with Crippen LogP contribution in [0.1, 0.15) is 11.1 Å². The van der Waals surface area contributed by atoms with E-state index in [9.17, 15) is 5.11 Å². The summed E-state index contributed by atoms with van der Waals surface area (Å²) in [5.41, 5.74) is 3.09. The van der Waals surface area contributed by atoms with Crippen molar-refractivity contribution in [2.45, 2.75) is 13.5 Å². The van der Waals surface area contributed by atoms with Crippen molar-refractivity contribution in [1.82, 2.24) is 0 Å². The predicted molar refractivity (Wildman–Crippen MR) is 95.3 cm³/mol. The highest BCUT2D eigenvalue weighted by molar-refractivity contribution is 5.87. The van der Waals surface area contributed by atoms with Crippen LogP contribution in [0.25, 0.3) is 11.1 Å². The molecule has 25 heavy (non-hydrogen) atoms. The molecule has 0 spiro atoms. The van der Waals surface area contributed by atoms with E-state index in [0.717, 1.165) is 16.7 Å². The van der Waals surface area contributed by atoms with Gasteiger partial charge in [0.2, 0.25) is 5.75 Å². The van der Waals surface area contributed by atoms with Gasteiger partial charge in [0, 0.05) is 5.56 Å². The van der Waals surface area contributed by atoms with Crippen molar-refractivity contribution in [2.24, 2.45) is 0 Å². The maximum Gasteiger partial charge on any atom is 0.203 e. The van der Waals surface area contributed by atoms with Gasteiger partial charge in [-0.25, -0.2) is 0 Å². The molecular weight excluding hydrogens is 324 g/mol. The summed E-state index contributed by atoms with van der Waals surface area (Å²) in [6, 6.07) is 5.41. The molecule has 2 aromatic rings. The highest BCUT2D eigenvalue weighted by atomic mass is 16.5. The van der Waals surface area contributed by atoms with E-state index in [1.165, 1.54) is 0 Å². The maximum absolute atomic E-state index is 9.47. The van der Waals surface area contributed by atoms with Crippen LogP contribution in [0.4, 0.5) is 0 Å². The lowest BCUT2D eigenvalue weighted by Crippen LogP contribution is -2.02. The Morgan fingerprint density at radius 2 is 1.20 bits per heavy atom. The Labute approximate surface area is 147 Å². The smallest absolute Gasteiger partial charge is 0.203 e. The molecule has 0 unspecified atom stereocenters. The summed E-state index contributed by atoms with van der Waals surface area (Å²) in [4.78, 5) is 0. The number of hydrogen-bond acceptors (Lipinski definition) is 6. The molecule has 0 aliphatic rings. The van der Waals surface area contributed by atoms with Crippen LogP contribution in [0.15, 0.2) is 18.2 Å². The second-order valence-electron chi connectivity index (χ2n) is 5.37. The maximum atomic E-state index is 9.47. The van der Waals surface area contributed by atoms with Crippen LogP contribution >= 0.6 is 0 Å². The molecule has 2 aromatic carbocycles. The van der Waals surface area contributed by atoms with E-state index >= 15 is 0 Å². The van der Waals surface area contributed by atoms with E-state index in [2.05, 4.69) is 0 Å². The van der Waals surface area contributed by atoms with Gasteiger partial charge in [0.15, 0.2) is 11.5 Å². The third kappa shape index (κ3) is 3.30. The van der Waals surface area contributed by atoms with Crippen molar-refractivity contribution < 1.29 is 28.8 Å². The quantitative estimate of drug-likeness (QED) is 0.829. The minimum Gasteiger partial charge on any atom is -0.496 e. The Hall–Kier alpha value is -2.60. The number of aliphatic hydroxyl groups excluding tert-OH is 1. The molecule has 0 atom stereocenters. The first kappa shape index (κ1) is 18.7. The summed E-state index contributed by atoms with van der Waals surface area (Å²) >= 11 is 0. The Morgan fingerprint density at radius 3 is 1.60 bits per heavy atom. The van der Waals surface area contributed by atoms with Crippen LogP contribution < -0.4 is 23.7 Å². The molecular formula is C19H24O6. The largest absolute Gasteiger partial charge is 0.496 e. The van der Waals surface area contributed by atoms with Crippen molar-refractivity contribution in [1.29, 1.82) is 0 Å². The third-order valence-electron chi connectivity index (χ3n) is 4.03. The summed E-state index contributed by atoms with van der Waals surface area (Å²) < 4.78 is 27.6. The SMILES string of the molecule is COc1cc(C)c(-c2c(OC)cc(CO)cc2OC)c(OC)c1OC. The van der Waals surface area contributed by atoms with E-state index in [1.807, 2.05) is 13.0 Å². The van der Waals surface area contributed by atoms with E-state index in [1.54, 1.807) is 47.7 Å². The lowest BCUT2D eigenvalue weighted by molar-refractivity contribution is 0.280. The van der Waals surface area contributed by atoms with Gasteiger partial charge in [-0.05, 0) is 36.2 Å². The van der Waals surface area contributed by atoms with Gasteiger partial charge in [-0.15, -0.1) is 0 Å². The zero-order valence-electron chi connectivity index (χ0n) is 15.4. The van der Waals surface area contributed by atoms with E-state index < -0.39 is 0 Å². The second kappa shape index (κ2) is 7.98. The fraction of sp³-hybridized carbons (Fsp3) is 0.368. The number of methoxy groups -OCH3 is 5.